The number of aliphatic hydroxyl groups excluding tert-OH is 1. The third kappa shape index (κ3) is 3.22. The Hall–Kier alpha value is -1.75. The quantitative estimate of drug-likeness (QED) is 0.912. The van der Waals surface area contributed by atoms with Crippen molar-refractivity contribution in [3.8, 4) is 0 Å². The molecule has 0 aliphatic carbocycles. The summed E-state index contributed by atoms with van der Waals surface area (Å²) in [5.41, 5.74) is 3.19. The van der Waals surface area contributed by atoms with E-state index in [1.165, 1.54) is 17.8 Å². The highest BCUT2D eigenvalue weighted by molar-refractivity contribution is 5.30. The molecule has 0 saturated heterocycles. The first-order valence-electron chi connectivity index (χ1n) is 6.24. The van der Waals surface area contributed by atoms with Crippen LogP contribution in [-0.2, 0) is 6.54 Å². The third-order valence-corrected chi connectivity index (χ3v) is 3.34. The summed E-state index contributed by atoms with van der Waals surface area (Å²) in [6, 6.07) is 7.23. The molecular weight excluding hydrogens is 267 g/mol. The highest BCUT2D eigenvalue weighted by Gasteiger charge is 2.39. The number of aliphatic hydroxyl groups is 1. The van der Waals surface area contributed by atoms with E-state index < -0.39 is 12.3 Å². The predicted octanol–water partition coefficient (Wildman–Crippen LogP) is 3.75. The van der Waals surface area contributed by atoms with E-state index in [2.05, 4.69) is 0 Å². The monoisotopic (exact) mass is 283 g/mol. The Balaban J connectivity index is 2.15. The Morgan fingerprint density at radius 2 is 1.85 bits per heavy atom. The van der Waals surface area contributed by atoms with E-state index in [4.69, 9.17) is 0 Å². The van der Waals surface area contributed by atoms with E-state index in [1.807, 2.05) is 32.0 Å². The van der Waals surface area contributed by atoms with E-state index >= 15 is 0 Å². The van der Waals surface area contributed by atoms with E-state index in [-0.39, 0.29) is 5.56 Å². The Bertz CT molecular complexity index is 601. The number of hydrogen-bond acceptors (Lipinski definition) is 1. The Morgan fingerprint density at radius 1 is 1.15 bits per heavy atom. The van der Waals surface area contributed by atoms with Crippen LogP contribution < -0.4 is 0 Å². The number of halogens is 3. The van der Waals surface area contributed by atoms with Crippen LogP contribution in [0.25, 0.3) is 0 Å². The predicted molar refractivity (Wildman–Crippen MR) is 70.5 cm³/mol. The topological polar surface area (TPSA) is 25.2 Å². The third-order valence-electron chi connectivity index (χ3n) is 3.34. The summed E-state index contributed by atoms with van der Waals surface area (Å²) in [5.74, 6) is 0. The van der Waals surface area contributed by atoms with Gasteiger partial charge in [-0.25, -0.2) is 0 Å². The first-order valence-corrected chi connectivity index (χ1v) is 6.24. The van der Waals surface area contributed by atoms with Gasteiger partial charge < -0.3 is 9.67 Å². The molecule has 1 unspecified atom stereocenters. The van der Waals surface area contributed by atoms with E-state index in [0.717, 1.165) is 11.1 Å². The molecule has 1 aromatic carbocycles. The zero-order valence-electron chi connectivity index (χ0n) is 11.3. The van der Waals surface area contributed by atoms with Crippen molar-refractivity contribution in [2.24, 2.45) is 0 Å². The van der Waals surface area contributed by atoms with Crippen molar-refractivity contribution in [2.75, 3.05) is 0 Å². The molecule has 20 heavy (non-hydrogen) atoms. The second-order valence-corrected chi connectivity index (χ2v) is 4.98. The van der Waals surface area contributed by atoms with Crippen LogP contribution in [0, 0.1) is 13.8 Å². The summed E-state index contributed by atoms with van der Waals surface area (Å²) in [5, 5.41) is 9.18. The van der Waals surface area contributed by atoms with Crippen molar-refractivity contribution >= 4 is 0 Å². The van der Waals surface area contributed by atoms with Crippen LogP contribution in [0.4, 0.5) is 13.2 Å². The lowest BCUT2D eigenvalue weighted by Gasteiger charge is -2.12. The summed E-state index contributed by atoms with van der Waals surface area (Å²) in [6.07, 6.45) is -4.19. The second-order valence-electron chi connectivity index (χ2n) is 4.98. The molecule has 0 bridgehead atoms. The summed E-state index contributed by atoms with van der Waals surface area (Å²) in [4.78, 5) is 0. The number of hydrogen-bond donors (Lipinski definition) is 1. The molecule has 0 fully saturated rings. The smallest absolute Gasteiger partial charge is 0.379 e. The van der Waals surface area contributed by atoms with Gasteiger partial charge in [-0.1, -0.05) is 18.2 Å². The van der Waals surface area contributed by atoms with Gasteiger partial charge in [-0.2, -0.15) is 13.2 Å². The van der Waals surface area contributed by atoms with Crippen LogP contribution in [0.15, 0.2) is 36.7 Å². The number of nitrogens with zero attached hydrogens (tertiary/aromatic N) is 1. The maximum absolute atomic E-state index is 12.4. The van der Waals surface area contributed by atoms with Crippen LogP contribution in [0.2, 0.25) is 0 Å². The molecule has 2 nitrogen and oxygen atoms in total. The lowest BCUT2D eigenvalue weighted by Crippen LogP contribution is -2.19. The van der Waals surface area contributed by atoms with Crippen molar-refractivity contribution < 1.29 is 18.3 Å². The van der Waals surface area contributed by atoms with Gasteiger partial charge >= 0.3 is 6.18 Å². The van der Waals surface area contributed by atoms with Crippen LogP contribution in [0.1, 0.15) is 28.4 Å². The van der Waals surface area contributed by atoms with Gasteiger partial charge in [0.05, 0.1) is 0 Å². The van der Waals surface area contributed by atoms with Crippen LogP contribution >= 0.6 is 0 Å². The van der Waals surface area contributed by atoms with Gasteiger partial charge in [-0.05, 0) is 36.6 Å². The van der Waals surface area contributed by atoms with E-state index in [0.29, 0.717) is 6.54 Å². The van der Waals surface area contributed by atoms with Gasteiger partial charge in [0.2, 0.25) is 0 Å². The molecule has 108 valence electrons. The summed E-state index contributed by atoms with van der Waals surface area (Å²) in [6.45, 7) is 4.48. The normalized spacial score (nSPS) is 13.5. The summed E-state index contributed by atoms with van der Waals surface area (Å²) >= 11 is 0. The van der Waals surface area contributed by atoms with Crippen molar-refractivity contribution in [1.82, 2.24) is 4.57 Å². The fourth-order valence-corrected chi connectivity index (χ4v) is 2.02. The molecule has 1 heterocycles. The highest BCUT2D eigenvalue weighted by atomic mass is 19.4. The Morgan fingerprint density at radius 3 is 2.45 bits per heavy atom. The van der Waals surface area contributed by atoms with Gasteiger partial charge in [0.15, 0.2) is 6.10 Å². The largest absolute Gasteiger partial charge is 0.418 e. The maximum atomic E-state index is 12.4. The number of aryl methyl sites for hydroxylation is 2. The molecule has 0 radical (unpaired) electrons. The molecule has 0 aliphatic heterocycles. The number of benzene rings is 1. The first kappa shape index (κ1) is 14.7. The SMILES string of the molecule is Cc1ccc(Cn2ccc(C(O)C(F)(F)F)c2)cc1C. The van der Waals surface area contributed by atoms with Gasteiger partial charge in [-0.15, -0.1) is 0 Å². The van der Waals surface area contributed by atoms with Crippen molar-refractivity contribution in [2.45, 2.75) is 32.7 Å². The minimum atomic E-state index is -4.63. The van der Waals surface area contributed by atoms with Gasteiger partial charge in [-0.3, -0.25) is 0 Å². The maximum Gasteiger partial charge on any atom is 0.418 e. The molecule has 1 aromatic heterocycles. The Kier molecular flexibility index (Phi) is 3.90. The average Bonchev–Trinajstić information content (AvgIpc) is 2.80. The van der Waals surface area contributed by atoms with Gasteiger partial charge in [0.25, 0.3) is 0 Å². The lowest BCUT2D eigenvalue weighted by molar-refractivity contribution is -0.206. The summed E-state index contributed by atoms with van der Waals surface area (Å²) in [7, 11) is 0. The molecule has 0 aliphatic rings. The molecule has 0 spiro atoms. The fourth-order valence-electron chi connectivity index (χ4n) is 2.02. The van der Waals surface area contributed by atoms with Crippen LogP contribution in [0.3, 0.4) is 0 Å². The first-order chi connectivity index (χ1) is 9.27. The van der Waals surface area contributed by atoms with Crippen LogP contribution in [-0.4, -0.2) is 15.8 Å². The van der Waals surface area contributed by atoms with Crippen molar-refractivity contribution in [3.63, 3.8) is 0 Å². The molecule has 5 heteroatoms. The summed E-state index contributed by atoms with van der Waals surface area (Å²) < 4.78 is 38.9. The van der Waals surface area contributed by atoms with Crippen LogP contribution in [0.5, 0.6) is 0 Å². The van der Waals surface area contributed by atoms with Crippen molar-refractivity contribution in [1.29, 1.82) is 0 Å². The highest BCUT2D eigenvalue weighted by Crippen LogP contribution is 2.32. The van der Waals surface area contributed by atoms with Gasteiger partial charge in [0, 0.05) is 24.5 Å². The fraction of sp³-hybridized carbons (Fsp3) is 0.333. The lowest BCUT2D eigenvalue weighted by atomic mass is 10.1. The number of aromatic nitrogens is 1. The zero-order chi connectivity index (χ0) is 14.9. The molecule has 2 rings (SSSR count). The molecule has 2 aromatic rings. The molecule has 1 atom stereocenters. The van der Waals surface area contributed by atoms with Gasteiger partial charge in [0.1, 0.15) is 0 Å². The number of rotatable bonds is 3. The van der Waals surface area contributed by atoms with Crippen molar-refractivity contribution in [3.05, 3.63) is 58.9 Å². The molecular formula is C15H16F3NO. The minimum absolute atomic E-state index is 0.138. The zero-order valence-corrected chi connectivity index (χ0v) is 11.3. The minimum Gasteiger partial charge on any atom is -0.379 e. The molecule has 0 amide bonds. The molecule has 0 saturated carbocycles. The van der Waals surface area contributed by atoms with E-state index in [1.54, 1.807) is 10.8 Å². The second kappa shape index (κ2) is 5.32. The number of alkyl halides is 3. The molecule has 1 N–H and O–H groups in total. The Labute approximate surface area is 115 Å². The van der Waals surface area contributed by atoms with E-state index in [9.17, 15) is 18.3 Å². The average molecular weight is 283 g/mol. The standard InChI is InChI=1S/C15H16F3NO/c1-10-3-4-12(7-11(10)2)8-19-6-5-13(9-19)14(20)15(16,17)18/h3-7,9,14,20H,8H2,1-2H3.